The maximum Gasteiger partial charge on any atom is 0.267 e. The molecule has 0 radical (unpaired) electrons. The van der Waals surface area contributed by atoms with E-state index < -0.39 is 5.91 Å². The first-order chi connectivity index (χ1) is 11.7. The monoisotopic (exact) mass is 318 g/mol. The summed E-state index contributed by atoms with van der Waals surface area (Å²) < 4.78 is 5.04. The molecule has 0 bridgehead atoms. The molecule has 6 heteroatoms. The minimum atomic E-state index is -0.524. The highest BCUT2D eigenvalue weighted by Crippen LogP contribution is 2.16. The highest BCUT2D eigenvalue weighted by atomic mass is 16.5. The third kappa shape index (κ3) is 4.36. The van der Waals surface area contributed by atoms with Crippen LogP contribution in [0.2, 0.25) is 0 Å². The van der Waals surface area contributed by atoms with Gasteiger partial charge < -0.3 is 15.4 Å². The summed E-state index contributed by atoms with van der Waals surface area (Å²) >= 11 is 0. The van der Waals surface area contributed by atoms with Crippen LogP contribution in [-0.2, 0) is 4.79 Å². The summed E-state index contributed by atoms with van der Waals surface area (Å²) in [5.41, 5.74) is 1.68. The SMILES string of the molecule is COc1ccc(NC(=O)/C(C#N)=C\Nc2ccc(C#N)cc2)cc1. The lowest BCUT2D eigenvalue weighted by Gasteiger charge is -2.06. The Morgan fingerprint density at radius 3 is 2.21 bits per heavy atom. The van der Waals surface area contributed by atoms with E-state index in [-0.39, 0.29) is 5.57 Å². The maximum atomic E-state index is 12.1. The molecule has 0 aliphatic rings. The minimum Gasteiger partial charge on any atom is -0.497 e. The van der Waals surface area contributed by atoms with E-state index >= 15 is 0 Å². The molecule has 0 heterocycles. The summed E-state index contributed by atoms with van der Waals surface area (Å²) in [6.07, 6.45) is 1.32. The molecular weight excluding hydrogens is 304 g/mol. The number of nitriles is 2. The standard InChI is InChI=1S/C18H14N4O2/c1-24-17-8-6-16(7-9-17)22-18(23)14(11-20)12-21-15-4-2-13(10-19)3-5-15/h2-9,12,21H,1H3,(H,22,23)/b14-12-. The smallest absolute Gasteiger partial charge is 0.267 e. The van der Waals surface area contributed by atoms with Gasteiger partial charge in [-0.1, -0.05) is 0 Å². The van der Waals surface area contributed by atoms with Crippen LogP contribution in [0.1, 0.15) is 5.56 Å². The summed E-state index contributed by atoms with van der Waals surface area (Å²) in [6.45, 7) is 0. The fraction of sp³-hybridized carbons (Fsp3) is 0.0556. The molecule has 2 aromatic rings. The van der Waals surface area contributed by atoms with Gasteiger partial charge in [-0.05, 0) is 48.5 Å². The van der Waals surface area contributed by atoms with Crippen molar-refractivity contribution in [2.45, 2.75) is 0 Å². The molecule has 2 aromatic carbocycles. The van der Waals surface area contributed by atoms with Gasteiger partial charge in [-0.2, -0.15) is 10.5 Å². The van der Waals surface area contributed by atoms with Crippen LogP contribution in [0.25, 0.3) is 0 Å². The van der Waals surface area contributed by atoms with E-state index in [2.05, 4.69) is 10.6 Å². The van der Waals surface area contributed by atoms with Crippen LogP contribution >= 0.6 is 0 Å². The van der Waals surface area contributed by atoms with Crippen molar-refractivity contribution in [3.05, 3.63) is 65.9 Å². The fourth-order valence-corrected chi connectivity index (χ4v) is 1.82. The van der Waals surface area contributed by atoms with Gasteiger partial charge in [-0.25, -0.2) is 0 Å². The Balaban J connectivity index is 2.04. The molecule has 0 aromatic heterocycles. The Kier molecular flexibility index (Phi) is 5.55. The van der Waals surface area contributed by atoms with Gasteiger partial charge in [-0.15, -0.1) is 0 Å². The number of carbonyl (C=O) groups excluding carboxylic acids is 1. The number of benzene rings is 2. The Morgan fingerprint density at radius 2 is 1.67 bits per heavy atom. The third-order valence-corrected chi connectivity index (χ3v) is 3.11. The van der Waals surface area contributed by atoms with Crippen molar-refractivity contribution < 1.29 is 9.53 Å². The Bertz CT molecular complexity index is 825. The lowest BCUT2D eigenvalue weighted by atomic mass is 10.2. The number of methoxy groups -OCH3 is 1. The average Bonchev–Trinajstić information content (AvgIpc) is 2.63. The van der Waals surface area contributed by atoms with Crippen molar-refractivity contribution >= 4 is 17.3 Å². The average molecular weight is 318 g/mol. The fourth-order valence-electron chi connectivity index (χ4n) is 1.82. The zero-order valence-electron chi connectivity index (χ0n) is 12.9. The van der Waals surface area contributed by atoms with Gasteiger partial charge in [0.2, 0.25) is 0 Å². The van der Waals surface area contributed by atoms with Crippen LogP contribution in [0.5, 0.6) is 5.75 Å². The normalized spacial score (nSPS) is 10.2. The molecule has 0 unspecified atom stereocenters. The number of carbonyl (C=O) groups is 1. The van der Waals surface area contributed by atoms with Gasteiger partial charge in [0, 0.05) is 17.6 Å². The first-order valence-electron chi connectivity index (χ1n) is 6.98. The Hall–Kier alpha value is -3.77. The van der Waals surface area contributed by atoms with E-state index in [0.717, 1.165) is 0 Å². The molecule has 0 atom stereocenters. The van der Waals surface area contributed by atoms with E-state index in [1.807, 2.05) is 12.1 Å². The molecule has 0 spiro atoms. The second kappa shape index (κ2) is 8.02. The highest BCUT2D eigenvalue weighted by Gasteiger charge is 2.09. The topological polar surface area (TPSA) is 97.9 Å². The van der Waals surface area contributed by atoms with Crippen LogP contribution in [0.4, 0.5) is 11.4 Å². The van der Waals surface area contributed by atoms with Crippen molar-refractivity contribution in [3.63, 3.8) is 0 Å². The van der Waals surface area contributed by atoms with Crippen molar-refractivity contribution in [2.75, 3.05) is 17.7 Å². The quantitative estimate of drug-likeness (QED) is 0.652. The van der Waals surface area contributed by atoms with E-state index in [1.165, 1.54) is 6.20 Å². The van der Waals surface area contributed by atoms with E-state index in [1.54, 1.807) is 55.6 Å². The lowest BCUT2D eigenvalue weighted by Crippen LogP contribution is -2.14. The first kappa shape index (κ1) is 16.6. The number of hydrogen-bond acceptors (Lipinski definition) is 5. The van der Waals surface area contributed by atoms with Crippen molar-refractivity contribution in [1.82, 2.24) is 0 Å². The molecular formula is C18H14N4O2. The van der Waals surface area contributed by atoms with Crippen molar-refractivity contribution in [3.8, 4) is 17.9 Å². The van der Waals surface area contributed by atoms with Gasteiger partial charge in [0.05, 0.1) is 18.7 Å². The number of amides is 1. The maximum absolute atomic E-state index is 12.1. The largest absolute Gasteiger partial charge is 0.497 e. The number of nitrogens with one attached hydrogen (secondary N) is 2. The summed E-state index contributed by atoms with van der Waals surface area (Å²) in [5, 5.41) is 23.4. The molecule has 24 heavy (non-hydrogen) atoms. The second-order valence-corrected chi connectivity index (χ2v) is 4.69. The number of hydrogen-bond donors (Lipinski definition) is 2. The predicted octanol–water partition coefficient (Wildman–Crippen LogP) is 3.02. The van der Waals surface area contributed by atoms with Crippen LogP contribution in [-0.4, -0.2) is 13.0 Å². The molecule has 118 valence electrons. The first-order valence-corrected chi connectivity index (χ1v) is 6.98. The van der Waals surface area contributed by atoms with Crippen LogP contribution in [0.3, 0.4) is 0 Å². The van der Waals surface area contributed by atoms with Gasteiger partial charge in [0.25, 0.3) is 5.91 Å². The number of ether oxygens (including phenoxy) is 1. The number of nitrogens with zero attached hydrogens (tertiary/aromatic N) is 2. The second-order valence-electron chi connectivity index (χ2n) is 4.69. The summed E-state index contributed by atoms with van der Waals surface area (Å²) in [5.74, 6) is 0.148. The number of anilines is 2. The summed E-state index contributed by atoms with van der Waals surface area (Å²) in [6, 6.07) is 17.3. The van der Waals surface area contributed by atoms with Gasteiger partial charge in [0.15, 0.2) is 0 Å². The predicted molar refractivity (Wildman–Crippen MR) is 90.1 cm³/mol. The third-order valence-electron chi connectivity index (χ3n) is 3.11. The zero-order valence-corrected chi connectivity index (χ0v) is 12.9. The van der Waals surface area contributed by atoms with Crippen molar-refractivity contribution in [1.29, 1.82) is 10.5 Å². The van der Waals surface area contributed by atoms with Crippen molar-refractivity contribution in [2.24, 2.45) is 0 Å². The summed E-state index contributed by atoms with van der Waals surface area (Å²) in [7, 11) is 1.55. The van der Waals surface area contributed by atoms with Crippen LogP contribution in [0.15, 0.2) is 60.3 Å². The Morgan fingerprint density at radius 1 is 1.04 bits per heavy atom. The van der Waals surface area contributed by atoms with Gasteiger partial charge in [-0.3, -0.25) is 4.79 Å². The molecule has 6 nitrogen and oxygen atoms in total. The van der Waals surface area contributed by atoms with E-state index in [9.17, 15) is 4.79 Å². The minimum absolute atomic E-state index is 0.0739. The molecule has 0 saturated carbocycles. The molecule has 2 rings (SSSR count). The molecule has 0 aliphatic carbocycles. The molecule has 1 amide bonds. The van der Waals surface area contributed by atoms with Gasteiger partial charge in [0.1, 0.15) is 17.4 Å². The molecule has 2 N–H and O–H groups in total. The van der Waals surface area contributed by atoms with E-state index in [0.29, 0.717) is 22.7 Å². The zero-order chi connectivity index (χ0) is 17.4. The molecule has 0 fully saturated rings. The lowest BCUT2D eigenvalue weighted by molar-refractivity contribution is -0.112. The molecule has 0 aliphatic heterocycles. The van der Waals surface area contributed by atoms with Crippen LogP contribution in [0, 0.1) is 22.7 Å². The van der Waals surface area contributed by atoms with Gasteiger partial charge >= 0.3 is 0 Å². The summed E-state index contributed by atoms with van der Waals surface area (Å²) in [4.78, 5) is 12.1. The highest BCUT2D eigenvalue weighted by molar-refractivity contribution is 6.06. The molecule has 0 saturated heterocycles. The van der Waals surface area contributed by atoms with E-state index in [4.69, 9.17) is 15.3 Å². The Labute approximate surface area is 139 Å². The van der Waals surface area contributed by atoms with Crippen LogP contribution < -0.4 is 15.4 Å². The number of rotatable bonds is 5.